The van der Waals surface area contributed by atoms with Crippen LogP contribution in [-0.4, -0.2) is 79.6 Å². The second kappa shape index (κ2) is 10.6. The Labute approximate surface area is 185 Å². The Balaban J connectivity index is 1.15. The van der Waals surface area contributed by atoms with Gasteiger partial charge in [-0.15, -0.1) is 0 Å². The van der Waals surface area contributed by atoms with Crippen molar-refractivity contribution in [1.82, 2.24) is 14.7 Å². The molecule has 0 unspecified atom stereocenters. The topological polar surface area (TPSA) is 45.2 Å². The number of piperazine rings is 1. The minimum atomic E-state index is 0.195. The lowest BCUT2D eigenvalue weighted by Crippen LogP contribution is -2.53. The minimum absolute atomic E-state index is 0.195. The number of ether oxygens (including phenoxy) is 2. The molecule has 31 heavy (non-hydrogen) atoms. The molecule has 6 nitrogen and oxygen atoms in total. The first-order valence-electron chi connectivity index (χ1n) is 11.3. The molecule has 2 aliphatic heterocycles. The highest BCUT2D eigenvalue weighted by molar-refractivity contribution is 5.76. The Morgan fingerprint density at radius 3 is 2.13 bits per heavy atom. The third-order valence-corrected chi connectivity index (χ3v) is 6.26. The van der Waals surface area contributed by atoms with Crippen LogP contribution in [-0.2, 0) is 4.79 Å². The largest absolute Gasteiger partial charge is 0.493 e. The van der Waals surface area contributed by atoms with Gasteiger partial charge in [0.15, 0.2) is 0 Å². The molecule has 0 spiro atoms. The molecular formula is C25H33N3O3. The summed E-state index contributed by atoms with van der Waals surface area (Å²) in [6.45, 7) is 6.72. The van der Waals surface area contributed by atoms with Crippen molar-refractivity contribution in [3.63, 3.8) is 0 Å². The number of likely N-dealkylation sites (tertiary alicyclic amines) is 1. The molecule has 2 aromatic carbocycles. The zero-order valence-corrected chi connectivity index (χ0v) is 18.4. The third kappa shape index (κ3) is 6.21. The van der Waals surface area contributed by atoms with Crippen LogP contribution in [0.4, 0.5) is 0 Å². The van der Waals surface area contributed by atoms with E-state index in [9.17, 15) is 4.79 Å². The molecule has 0 bridgehead atoms. The molecule has 0 atom stereocenters. The van der Waals surface area contributed by atoms with E-state index in [-0.39, 0.29) is 5.91 Å². The van der Waals surface area contributed by atoms with Crippen LogP contribution >= 0.6 is 0 Å². The van der Waals surface area contributed by atoms with Crippen LogP contribution in [0.3, 0.4) is 0 Å². The Kier molecular flexibility index (Phi) is 7.43. The van der Waals surface area contributed by atoms with Crippen LogP contribution in [0.5, 0.6) is 17.2 Å². The first-order valence-corrected chi connectivity index (χ1v) is 11.3. The number of benzene rings is 2. The number of hydrogen-bond donors (Lipinski definition) is 0. The monoisotopic (exact) mass is 423 g/mol. The van der Waals surface area contributed by atoms with Gasteiger partial charge in [-0.25, -0.2) is 0 Å². The van der Waals surface area contributed by atoms with Gasteiger partial charge >= 0.3 is 0 Å². The van der Waals surface area contributed by atoms with Crippen LogP contribution in [0.1, 0.15) is 19.3 Å². The molecule has 0 N–H and O–H groups in total. The van der Waals surface area contributed by atoms with Crippen molar-refractivity contribution in [2.45, 2.75) is 25.3 Å². The van der Waals surface area contributed by atoms with Crippen LogP contribution < -0.4 is 9.47 Å². The summed E-state index contributed by atoms with van der Waals surface area (Å²) in [5.41, 5.74) is 0. The zero-order valence-electron chi connectivity index (χ0n) is 18.4. The van der Waals surface area contributed by atoms with Crippen molar-refractivity contribution in [2.75, 3.05) is 52.9 Å². The van der Waals surface area contributed by atoms with Crippen molar-refractivity contribution in [2.24, 2.45) is 0 Å². The number of nitrogens with zero attached hydrogens (tertiary/aromatic N) is 3. The van der Waals surface area contributed by atoms with Gasteiger partial charge < -0.3 is 19.3 Å². The van der Waals surface area contributed by atoms with Gasteiger partial charge in [-0.2, -0.15) is 0 Å². The molecule has 2 aromatic rings. The number of carbonyl (C=O) groups excluding carboxylic acids is 1. The number of piperidine rings is 1. The predicted molar refractivity (Wildman–Crippen MR) is 122 cm³/mol. The van der Waals surface area contributed by atoms with Crippen LogP contribution in [0.15, 0.2) is 54.6 Å². The van der Waals surface area contributed by atoms with Gasteiger partial charge in [0.05, 0.1) is 13.0 Å². The maximum Gasteiger partial charge on any atom is 0.225 e. The molecule has 0 radical (unpaired) electrons. The molecule has 0 saturated carbocycles. The predicted octanol–water partition coefficient (Wildman–Crippen LogP) is 3.49. The number of amides is 1. The highest BCUT2D eigenvalue weighted by atomic mass is 16.5. The van der Waals surface area contributed by atoms with Crippen LogP contribution in [0.2, 0.25) is 0 Å². The van der Waals surface area contributed by atoms with E-state index in [1.165, 1.54) is 0 Å². The van der Waals surface area contributed by atoms with Gasteiger partial charge in [-0.05, 0) is 56.3 Å². The summed E-state index contributed by atoms with van der Waals surface area (Å²) in [5, 5.41) is 0. The fraction of sp³-hybridized carbons (Fsp3) is 0.480. The first-order chi connectivity index (χ1) is 15.2. The number of rotatable bonds is 7. The van der Waals surface area contributed by atoms with Crippen LogP contribution in [0.25, 0.3) is 0 Å². The SMILES string of the molecule is CN1CCN(C2CCN(C(=O)CCOc3ccc(Oc4ccccc4)cc3)CC2)CC1. The molecule has 2 aliphatic rings. The summed E-state index contributed by atoms with van der Waals surface area (Å²) in [6.07, 6.45) is 2.58. The molecule has 2 fully saturated rings. The van der Waals surface area contributed by atoms with Crippen LogP contribution in [0, 0.1) is 0 Å². The second-order valence-corrected chi connectivity index (χ2v) is 8.44. The van der Waals surface area contributed by atoms with Gasteiger partial charge in [0, 0.05) is 45.3 Å². The van der Waals surface area contributed by atoms with Crippen molar-refractivity contribution >= 4 is 5.91 Å². The summed E-state index contributed by atoms with van der Waals surface area (Å²) in [6, 6.07) is 17.8. The van der Waals surface area contributed by atoms with Gasteiger partial charge in [0.2, 0.25) is 5.91 Å². The average molecular weight is 424 g/mol. The molecule has 2 saturated heterocycles. The Morgan fingerprint density at radius 1 is 0.839 bits per heavy atom. The van der Waals surface area contributed by atoms with Gasteiger partial charge in [-0.1, -0.05) is 18.2 Å². The Hall–Kier alpha value is -2.57. The molecule has 166 valence electrons. The highest BCUT2D eigenvalue weighted by Crippen LogP contribution is 2.24. The standard InChI is InChI=1S/C25H33N3O3/c1-26-16-18-27(19-17-26)21-11-14-28(15-12-21)25(29)13-20-30-22-7-9-24(10-8-22)31-23-5-3-2-4-6-23/h2-10,21H,11-20H2,1H3. The molecule has 0 aromatic heterocycles. The number of hydrogen-bond acceptors (Lipinski definition) is 5. The fourth-order valence-electron chi connectivity index (χ4n) is 4.31. The van der Waals surface area contributed by atoms with E-state index in [1.807, 2.05) is 59.5 Å². The average Bonchev–Trinajstić information content (AvgIpc) is 2.81. The van der Waals surface area contributed by atoms with E-state index in [2.05, 4.69) is 16.8 Å². The number of carbonyl (C=O) groups is 1. The summed E-state index contributed by atoms with van der Waals surface area (Å²) in [5.74, 6) is 2.51. The molecule has 6 heteroatoms. The highest BCUT2D eigenvalue weighted by Gasteiger charge is 2.28. The Morgan fingerprint density at radius 2 is 1.45 bits per heavy atom. The molecule has 0 aliphatic carbocycles. The van der Waals surface area contributed by atoms with E-state index >= 15 is 0 Å². The lowest BCUT2D eigenvalue weighted by atomic mass is 10.0. The minimum Gasteiger partial charge on any atom is -0.493 e. The molecular weight excluding hydrogens is 390 g/mol. The van der Waals surface area contributed by atoms with Crippen molar-refractivity contribution < 1.29 is 14.3 Å². The van der Waals surface area contributed by atoms with E-state index in [1.54, 1.807) is 0 Å². The maximum absolute atomic E-state index is 12.6. The van der Waals surface area contributed by atoms with E-state index in [0.717, 1.165) is 69.4 Å². The van der Waals surface area contributed by atoms with Gasteiger partial charge in [-0.3, -0.25) is 9.69 Å². The Bertz CT molecular complexity index is 812. The van der Waals surface area contributed by atoms with Crippen molar-refractivity contribution in [3.8, 4) is 17.2 Å². The van der Waals surface area contributed by atoms with E-state index in [0.29, 0.717) is 19.1 Å². The normalized spacial score (nSPS) is 18.7. The number of para-hydroxylation sites is 1. The van der Waals surface area contributed by atoms with Gasteiger partial charge in [0.1, 0.15) is 17.2 Å². The molecule has 1 amide bonds. The quantitative estimate of drug-likeness (QED) is 0.682. The van der Waals surface area contributed by atoms with E-state index < -0.39 is 0 Å². The lowest BCUT2D eigenvalue weighted by molar-refractivity contribution is -0.133. The molecule has 4 rings (SSSR count). The number of likely N-dealkylation sites (N-methyl/N-ethyl adjacent to an activating group) is 1. The summed E-state index contributed by atoms with van der Waals surface area (Å²) in [4.78, 5) is 19.6. The summed E-state index contributed by atoms with van der Waals surface area (Å²) in [7, 11) is 2.19. The summed E-state index contributed by atoms with van der Waals surface area (Å²) >= 11 is 0. The second-order valence-electron chi connectivity index (χ2n) is 8.44. The summed E-state index contributed by atoms with van der Waals surface area (Å²) < 4.78 is 11.6. The lowest BCUT2D eigenvalue weighted by Gasteiger charge is -2.42. The van der Waals surface area contributed by atoms with Crippen molar-refractivity contribution in [3.05, 3.63) is 54.6 Å². The van der Waals surface area contributed by atoms with E-state index in [4.69, 9.17) is 9.47 Å². The van der Waals surface area contributed by atoms with Crippen molar-refractivity contribution in [1.29, 1.82) is 0 Å². The first kappa shape index (κ1) is 21.7. The maximum atomic E-state index is 12.6. The fourth-order valence-corrected chi connectivity index (χ4v) is 4.31. The third-order valence-electron chi connectivity index (χ3n) is 6.26. The smallest absolute Gasteiger partial charge is 0.225 e. The van der Waals surface area contributed by atoms with Gasteiger partial charge in [0.25, 0.3) is 0 Å². The molecule has 2 heterocycles. The zero-order chi connectivity index (χ0) is 21.5.